The highest BCUT2D eigenvalue weighted by molar-refractivity contribution is 5.93. The molecule has 0 aliphatic carbocycles. The third-order valence-electron chi connectivity index (χ3n) is 11.2. The van der Waals surface area contributed by atoms with E-state index in [-0.39, 0.29) is 31.6 Å². The predicted octanol–water partition coefficient (Wildman–Crippen LogP) is 10.1. The summed E-state index contributed by atoms with van der Waals surface area (Å²) in [6, 6.07) is 27.2. The molecule has 0 fully saturated rings. The van der Waals surface area contributed by atoms with Gasteiger partial charge in [0.25, 0.3) is 5.91 Å². The van der Waals surface area contributed by atoms with E-state index < -0.39 is 35.7 Å². The van der Waals surface area contributed by atoms with E-state index in [0.717, 1.165) is 130 Å². The molecular formula is C56H78N10O4. The van der Waals surface area contributed by atoms with E-state index >= 15 is 0 Å². The first-order valence-corrected chi connectivity index (χ1v) is 25.2. The van der Waals surface area contributed by atoms with Crippen LogP contribution in [-0.2, 0) is 19.2 Å². The molecule has 3 rings (SSSR count). The molecule has 0 saturated carbocycles. The van der Waals surface area contributed by atoms with Crippen molar-refractivity contribution < 1.29 is 19.2 Å². The van der Waals surface area contributed by atoms with Crippen molar-refractivity contribution in [2.24, 2.45) is 31.8 Å². The minimum Gasteiger partial charge on any atom is -0.370 e. The van der Waals surface area contributed by atoms with Gasteiger partial charge in [0.1, 0.15) is 12.1 Å². The number of hydrazone groups is 3. The van der Waals surface area contributed by atoms with Crippen LogP contribution < -0.4 is 33.1 Å². The van der Waals surface area contributed by atoms with Gasteiger partial charge in [-0.2, -0.15) is 15.3 Å². The van der Waals surface area contributed by atoms with Crippen molar-refractivity contribution in [3.63, 3.8) is 0 Å². The van der Waals surface area contributed by atoms with E-state index in [9.17, 15) is 19.2 Å². The third-order valence-corrected chi connectivity index (χ3v) is 11.2. The molecule has 376 valence electrons. The highest BCUT2D eigenvalue weighted by atomic mass is 16.2. The number of amides is 4. The van der Waals surface area contributed by atoms with Gasteiger partial charge in [0.05, 0.1) is 18.6 Å². The first-order chi connectivity index (χ1) is 34.1. The topological polar surface area (TPSA) is 218 Å². The summed E-state index contributed by atoms with van der Waals surface area (Å²) in [5.74, 6) is -2.66. The Balaban J connectivity index is 1.77. The summed E-state index contributed by atoms with van der Waals surface area (Å²) < 4.78 is 0. The van der Waals surface area contributed by atoms with Crippen LogP contribution in [0.1, 0.15) is 159 Å². The average molecular weight is 955 g/mol. The molecule has 0 radical (unpaired) electrons. The summed E-state index contributed by atoms with van der Waals surface area (Å²) in [7, 11) is 0. The lowest BCUT2D eigenvalue weighted by molar-refractivity contribution is -0.130. The maximum atomic E-state index is 13.9. The number of nitrogens with two attached hydrogens (primary N) is 2. The number of carbonyl (C=O) groups excluding carboxylic acids is 4. The Kier molecular flexibility index (Phi) is 29.6. The maximum absolute atomic E-state index is 13.9. The van der Waals surface area contributed by atoms with Crippen LogP contribution in [-0.4, -0.2) is 60.3 Å². The first-order valence-electron chi connectivity index (χ1n) is 25.2. The number of nitrogens with one attached hydrogen (secondary N) is 4. The third kappa shape index (κ3) is 26.5. The summed E-state index contributed by atoms with van der Waals surface area (Å²) >= 11 is 0. The van der Waals surface area contributed by atoms with E-state index in [0.29, 0.717) is 0 Å². The fraction of sp³-hybridized carbons (Fsp3) is 0.429. The van der Waals surface area contributed by atoms with E-state index in [1.807, 2.05) is 109 Å². The first kappa shape index (κ1) is 57.4. The molecule has 14 nitrogen and oxygen atoms in total. The molecule has 0 bridgehead atoms. The number of nitrogens with zero attached hydrogens (tertiary/aromatic N) is 4. The Labute approximate surface area is 416 Å². The minimum absolute atomic E-state index is 0.0978. The van der Waals surface area contributed by atoms with Gasteiger partial charge >= 0.3 is 0 Å². The van der Waals surface area contributed by atoms with Crippen molar-refractivity contribution in [1.29, 1.82) is 0 Å². The summed E-state index contributed by atoms with van der Waals surface area (Å²) in [4.78, 5) is 58.2. The molecule has 0 spiro atoms. The molecule has 0 heterocycles. The molecule has 70 heavy (non-hydrogen) atoms. The van der Waals surface area contributed by atoms with E-state index in [2.05, 4.69) is 62.7 Å². The van der Waals surface area contributed by atoms with Gasteiger partial charge in [0.15, 0.2) is 5.96 Å². The molecule has 8 N–H and O–H groups in total. The SMILES string of the molecule is CCCCCCC(=C/c1ccccc1)/C=N/NC(=O)CC[C@H](N=C(N)N)C(=O)N[C@@H](CCC(=O)N/N=C/C(=C\c1ccccc1)CCCCCC)C(=O)N/N=C/C(=C\c1ccccc1)CCCCCC. The monoisotopic (exact) mass is 955 g/mol. The van der Waals surface area contributed by atoms with E-state index in [1.54, 1.807) is 18.6 Å². The van der Waals surface area contributed by atoms with Crippen LogP contribution in [0.25, 0.3) is 18.2 Å². The van der Waals surface area contributed by atoms with Crippen molar-refractivity contribution in [1.82, 2.24) is 21.6 Å². The molecule has 2 atom stereocenters. The molecule has 0 aliphatic heterocycles. The fourth-order valence-electron chi connectivity index (χ4n) is 7.34. The highest BCUT2D eigenvalue weighted by Crippen LogP contribution is 2.16. The summed E-state index contributed by atoms with van der Waals surface area (Å²) in [6.45, 7) is 6.49. The minimum atomic E-state index is -1.24. The second-order valence-electron chi connectivity index (χ2n) is 17.4. The van der Waals surface area contributed by atoms with Crippen LogP contribution in [0.4, 0.5) is 0 Å². The predicted molar refractivity (Wildman–Crippen MR) is 289 cm³/mol. The standard InChI is InChI=1S/C56H78N10O4/c1-4-7-10-16-31-47(38-44-25-19-13-20-26-44)41-59-64-52(67)36-34-50(63-56(57)58)54(69)62-51(55(70)66-61-43-49(33-18-12-9-6-3)40-46-29-23-15-24-30-46)35-37-53(68)65-60-42-48(32-17-11-8-5-2)39-45-27-21-14-22-28-45/h13-15,19-30,38-43,50-51H,4-12,16-18,31-37H2,1-3H3,(H,62,69)(H,64,67)(H,65,68)(H,66,70)(H4,57,58,63)/b47-38-,48-39-,49-40-,59-41+,60-42+,61-43+/t50-,51-/m0/s1. The van der Waals surface area contributed by atoms with Gasteiger partial charge in [-0.15, -0.1) is 0 Å². The molecule has 3 aromatic carbocycles. The number of aliphatic imine (C=N–C) groups is 1. The quantitative estimate of drug-likeness (QED) is 0.0148. The van der Waals surface area contributed by atoms with Crippen LogP contribution in [0.3, 0.4) is 0 Å². The summed E-state index contributed by atoms with van der Waals surface area (Å²) in [6.07, 6.45) is 25.7. The largest absolute Gasteiger partial charge is 0.370 e. The molecular weight excluding hydrogens is 877 g/mol. The van der Waals surface area contributed by atoms with Gasteiger partial charge in [-0.3, -0.25) is 19.2 Å². The fourth-order valence-corrected chi connectivity index (χ4v) is 7.34. The van der Waals surface area contributed by atoms with Gasteiger partial charge in [-0.05, 0) is 84.8 Å². The van der Waals surface area contributed by atoms with Crippen LogP contribution in [0, 0.1) is 0 Å². The van der Waals surface area contributed by atoms with Gasteiger partial charge in [-0.25, -0.2) is 21.3 Å². The smallest absolute Gasteiger partial charge is 0.262 e. The molecule has 0 saturated heterocycles. The Morgan fingerprint density at radius 2 is 0.843 bits per heavy atom. The number of hydrogen-bond donors (Lipinski definition) is 6. The number of allylic oxidation sites excluding steroid dienone is 3. The van der Waals surface area contributed by atoms with Crippen molar-refractivity contribution in [2.45, 2.75) is 155 Å². The maximum Gasteiger partial charge on any atom is 0.262 e. The zero-order valence-corrected chi connectivity index (χ0v) is 41.8. The zero-order chi connectivity index (χ0) is 50.4. The van der Waals surface area contributed by atoms with Gasteiger partial charge in [-0.1, -0.05) is 188 Å². The van der Waals surface area contributed by atoms with Crippen molar-refractivity contribution >= 4 is 66.5 Å². The van der Waals surface area contributed by atoms with Gasteiger partial charge in [0.2, 0.25) is 17.7 Å². The van der Waals surface area contributed by atoms with Crippen molar-refractivity contribution in [3.8, 4) is 0 Å². The van der Waals surface area contributed by atoms with Crippen LogP contribution >= 0.6 is 0 Å². The molecule has 0 unspecified atom stereocenters. The Morgan fingerprint density at radius 3 is 1.21 bits per heavy atom. The number of unbranched alkanes of at least 4 members (excludes halogenated alkanes) is 9. The number of hydrogen-bond acceptors (Lipinski definition) is 8. The summed E-state index contributed by atoms with van der Waals surface area (Å²) in [5, 5.41) is 15.5. The molecule has 14 heteroatoms. The molecule has 0 aromatic heterocycles. The summed E-state index contributed by atoms with van der Waals surface area (Å²) in [5.41, 5.74) is 25.1. The second kappa shape index (κ2) is 36.1. The lowest BCUT2D eigenvalue weighted by Gasteiger charge is -2.20. The van der Waals surface area contributed by atoms with Gasteiger partial charge in [0, 0.05) is 12.8 Å². The molecule has 0 aliphatic rings. The van der Waals surface area contributed by atoms with Gasteiger partial charge < -0.3 is 16.8 Å². The lowest BCUT2D eigenvalue weighted by atomic mass is 10.0. The van der Waals surface area contributed by atoms with Crippen molar-refractivity contribution in [3.05, 3.63) is 124 Å². The molecule has 3 aromatic rings. The normalized spacial score (nSPS) is 13.0. The lowest BCUT2D eigenvalue weighted by Crippen LogP contribution is -2.49. The number of benzene rings is 3. The number of guanidine groups is 1. The Bertz CT molecular complexity index is 2200. The second-order valence-corrected chi connectivity index (χ2v) is 17.4. The van der Waals surface area contributed by atoms with E-state index in [1.165, 1.54) is 0 Å². The van der Waals surface area contributed by atoms with E-state index in [4.69, 9.17) is 11.5 Å². The Morgan fingerprint density at radius 1 is 0.471 bits per heavy atom. The van der Waals surface area contributed by atoms with Crippen molar-refractivity contribution in [2.75, 3.05) is 0 Å². The van der Waals surface area contributed by atoms with Crippen LogP contribution in [0.2, 0.25) is 0 Å². The van der Waals surface area contributed by atoms with Crippen LogP contribution in [0.5, 0.6) is 0 Å². The van der Waals surface area contributed by atoms with Crippen LogP contribution in [0.15, 0.2) is 128 Å². The highest BCUT2D eigenvalue weighted by Gasteiger charge is 2.27. The molecule has 4 amide bonds. The Hall–Kier alpha value is -6.96. The number of rotatable bonds is 34. The average Bonchev–Trinajstić information content (AvgIpc) is 3.36. The number of carbonyl (C=O) groups is 4. The zero-order valence-electron chi connectivity index (χ0n) is 41.8.